The minimum atomic E-state index is 0.877. The van der Waals surface area contributed by atoms with E-state index >= 15 is 0 Å². The molecule has 0 aliphatic carbocycles. The van der Waals surface area contributed by atoms with Crippen molar-refractivity contribution in [3.63, 3.8) is 0 Å². The number of benzene rings is 1. The second-order valence-corrected chi connectivity index (χ2v) is 4.40. The van der Waals surface area contributed by atoms with Crippen LogP contribution in [0.3, 0.4) is 0 Å². The van der Waals surface area contributed by atoms with E-state index in [1.165, 1.54) is 10.1 Å². The highest BCUT2D eigenvalue weighted by molar-refractivity contribution is 7.09. The molecule has 13 heavy (non-hydrogen) atoms. The topological polar surface area (TPSA) is 3.88 Å². The third-order valence-corrected chi connectivity index (χ3v) is 3.61. The molecule has 1 aromatic carbocycles. The van der Waals surface area contributed by atoms with Gasteiger partial charge in [-0.25, -0.2) is 0 Å². The van der Waals surface area contributed by atoms with Crippen LogP contribution in [0.15, 0.2) is 24.3 Å². The summed E-state index contributed by atoms with van der Waals surface area (Å²) in [6.07, 6.45) is 1.12. The normalized spacial score (nSPS) is 10.9. The Hall–Kier alpha value is -0.600. The molecule has 0 aliphatic rings. The largest absolute Gasteiger partial charge is 0.297 e. The number of aryl methyl sites for hydroxylation is 1. The highest BCUT2D eigenvalue weighted by atomic mass is 35.5. The zero-order chi connectivity index (χ0) is 9.26. The molecule has 0 spiro atoms. The molecule has 0 amide bonds. The van der Waals surface area contributed by atoms with Gasteiger partial charge in [0.2, 0.25) is 0 Å². The monoisotopic (exact) mass is 212 g/mol. The van der Waals surface area contributed by atoms with Gasteiger partial charge in [0, 0.05) is 6.42 Å². The Morgan fingerprint density at radius 2 is 2.15 bits per heavy atom. The summed E-state index contributed by atoms with van der Waals surface area (Å²) < 4.78 is 3.41. The van der Waals surface area contributed by atoms with Crippen molar-refractivity contribution in [2.75, 3.05) is 0 Å². The lowest BCUT2D eigenvalue weighted by Gasteiger charge is -1.85. The first kappa shape index (κ1) is 8.97. The Balaban J connectivity index is 2.60. The zero-order valence-corrected chi connectivity index (χ0v) is 9.03. The Kier molecular flexibility index (Phi) is 2.51. The molecule has 68 valence electrons. The third kappa shape index (κ3) is 1.56. The molecular formula is C10H11ClNS+. The molecular weight excluding hydrogens is 202 g/mol. The molecule has 2 aromatic rings. The van der Waals surface area contributed by atoms with Crippen LogP contribution in [0, 0.1) is 0 Å². The van der Waals surface area contributed by atoms with E-state index in [4.69, 9.17) is 11.6 Å². The van der Waals surface area contributed by atoms with Gasteiger partial charge in [-0.1, -0.05) is 19.1 Å². The molecule has 0 atom stereocenters. The summed E-state index contributed by atoms with van der Waals surface area (Å²) in [7, 11) is 0. The van der Waals surface area contributed by atoms with E-state index in [-0.39, 0.29) is 0 Å². The summed E-state index contributed by atoms with van der Waals surface area (Å²) >= 11 is 7.94. The first-order chi connectivity index (χ1) is 6.33. The Morgan fingerprint density at radius 1 is 1.38 bits per heavy atom. The van der Waals surface area contributed by atoms with Crippen LogP contribution in [-0.4, -0.2) is 0 Å². The van der Waals surface area contributed by atoms with Gasteiger partial charge in [0.25, 0.3) is 5.15 Å². The molecule has 0 aliphatic heterocycles. The van der Waals surface area contributed by atoms with Crippen molar-refractivity contribution in [3.8, 4) is 0 Å². The predicted molar refractivity (Wildman–Crippen MR) is 57.3 cm³/mol. The molecule has 0 unspecified atom stereocenters. The summed E-state index contributed by atoms with van der Waals surface area (Å²) in [4.78, 5) is 0. The molecule has 0 saturated heterocycles. The van der Waals surface area contributed by atoms with Gasteiger partial charge in [-0.3, -0.25) is 0 Å². The molecule has 1 nitrogen and oxygen atoms in total. The SMILES string of the molecule is CCC[n+]1sc2ccccc2c1Cl. The van der Waals surface area contributed by atoms with Crippen LogP contribution in [0.1, 0.15) is 13.3 Å². The van der Waals surface area contributed by atoms with Crippen molar-refractivity contribution in [2.45, 2.75) is 19.9 Å². The van der Waals surface area contributed by atoms with Crippen LogP contribution in [0.2, 0.25) is 5.15 Å². The minimum Gasteiger partial charge on any atom is -0.122 e. The highest BCUT2D eigenvalue weighted by Crippen LogP contribution is 2.24. The molecule has 1 aromatic heterocycles. The van der Waals surface area contributed by atoms with Crippen LogP contribution in [-0.2, 0) is 6.54 Å². The van der Waals surface area contributed by atoms with Gasteiger partial charge < -0.3 is 0 Å². The van der Waals surface area contributed by atoms with Crippen LogP contribution < -0.4 is 3.96 Å². The van der Waals surface area contributed by atoms with Crippen molar-refractivity contribution >= 4 is 33.2 Å². The van der Waals surface area contributed by atoms with E-state index in [2.05, 4.69) is 23.0 Å². The molecule has 0 N–H and O–H groups in total. The maximum absolute atomic E-state index is 6.21. The molecule has 2 rings (SSSR count). The highest BCUT2D eigenvalue weighted by Gasteiger charge is 2.16. The molecule has 0 saturated carbocycles. The summed E-state index contributed by atoms with van der Waals surface area (Å²) in [5.41, 5.74) is 0. The standard InChI is InChI=1S/C10H11ClNS/c1-2-7-12-10(11)8-5-3-4-6-9(8)13-12/h3-6H,2,7H2,1H3/q+1. The fraction of sp³-hybridized carbons (Fsp3) is 0.300. The quantitative estimate of drug-likeness (QED) is 0.673. The Labute approximate surface area is 86.7 Å². The maximum Gasteiger partial charge on any atom is 0.297 e. The van der Waals surface area contributed by atoms with Gasteiger partial charge in [-0.05, 0) is 23.7 Å². The van der Waals surface area contributed by atoms with E-state index < -0.39 is 0 Å². The number of nitrogens with zero attached hydrogens (tertiary/aromatic N) is 1. The lowest BCUT2D eigenvalue weighted by Crippen LogP contribution is -2.28. The van der Waals surface area contributed by atoms with Gasteiger partial charge >= 0.3 is 0 Å². The van der Waals surface area contributed by atoms with Gasteiger partial charge in [0.05, 0.1) is 5.39 Å². The van der Waals surface area contributed by atoms with Crippen LogP contribution in [0.4, 0.5) is 0 Å². The second-order valence-electron chi connectivity index (χ2n) is 2.98. The number of aromatic nitrogens is 1. The summed E-state index contributed by atoms with van der Waals surface area (Å²) in [6, 6.07) is 8.25. The fourth-order valence-corrected chi connectivity index (χ4v) is 2.86. The average Bonchev–Trinajstić information content (AvgIpc) is 2.46. The smallest absolute Gasteiger partial charge is 0.122 e. The van der Waals surface area contributed by atoms with Crippen LogP contribution >= 0.6 is 23.1 Å². The molecule has 3 heteroatoms. The number of fused-ring (bicyclic) bond motifs is 1. The fourth-order valence-electron chi connectivity index (χ4n) is 1.36. The summed E-state index contributed by atoms with van der Waals surface area (Å²) in [6.45, 7) is 3.17. The number of hydrogen-bond donors (Lipinski definition) is 0. The summed E-state index contributed by atoms with van der Waals surface area (Å²) in [5, 5.41) is 2.05. The van der Waals surface area contributed by atoms with Gasteiger partial charge in [0.15, 0.2) is 6.54 Å². The van der Waals surface area contributed by atoms with E-state index in [9.17, 15) is 0 Å². The van der Waals surface area contributed by atoms with E-state index in [0.717, 1.165) is 18.1 Å². The molecule has 1 heterocycles. The number of rotatable bonds is 2. The van der Waals surface area contributed by atoms with Gasteiger partial charge in [0.1, 0.15) is 16.2 Å². The Morgan fingerprint density at radius 3 is 2.85 bits per heavy atom. The molecule has 0 bridgehead atoms. The van der Waals surface area contributed by atoms with Crippen molar-refractivity contribution in [1.29, 1.82) is 0 Å². The minimum absolute atomic E-state index is 0.877. The van der Waals surface area contributed by atoms with Gasteiger partial charge in [-0.15, -0.1) is 3.96 Å². The van der Waals surface area contributed by atoms with Crippen molar-refractivity contribution in [2.24, 2.45) is 0 Å². The predicted octanol–water partition coefficient (Wildman–Crippen LogP) is 3.25. The van der Waals surface area contributed by atoms with Crippen molar-refractivity contribution < 1.29 is 3.96 Å². The molecule has 0 fully saturated rings. The first-order valence-corrected chi connectivity index (χ1v) is 5.55. The first-order valence-electron chi connectivity index (χ1n) is 4.40. The molecule has 0 radical (unpaired) electrons. The van der Waals surface area contributed by atoms with E-state index in [1.54, 1.807) is 11.5 Å². The third-order valence-electron chi connectivity index (χ3n) is 1.96. The maximum atomic E-state index is 6.21. The number of halogens is 1. The number of hydrogen-bond acceptors (Lipinski definition) is 1. The Bertz CT molecular complexity index is 422. The second kappa shape index (κ2) is 3.64. The average molecular weight is 213 g/mol. The zero-order valence-electron chi connectivity index (χ0n) is 7.46. The van der Waals surface area contributed by atoms with Crippen molar-refractivity contribution in [3.05, 3.63) is 29.4 Å². The lowest BCUT2D eigenvalue weighted by atomic mass is 10.3. The summed E-state index contributed by atoms with van der Waals surface area (Å²) in [5.74, 6) is 0. The lowest BCUT2D eigenvalue weighted by molar-refractivity contribution is -0.625. The van der Waals surface area contributed by atoms with Gasteiger partial charge in [-0.2, -0.15) is 0 Å². The van der Waals surface area contributed by atoms with Crippen LogP contribution in [0.5, 0.6) is 0 Å². The van der Waals surface area contributed by atoms with E-state index in [0.29, 0.717) is 0 Å². The van der Waals surface area contributed by atoms with Crippen molar-refractivity contribution in [1.82, 2.24) is 0 Å². The van der Waals surface area contributed by atoms with E-state index in [1.807, 2.05) is 12.1 Å². The van der Waals surface area contributed by atoms with Crippen LogP contribution in [0.25, 0.3) is 10.1 Å².